The van der Waals surface area contributed by atoms with Gasteiger partial charge in [-0.25, -0.2) is 4.21 Å². The first-order valence-corrected chi connectivity index (χ1v) is 6.63. The van der Waals surface area contributed by atoms with Crippen LogP contribution in [0.15, 0.2) is 22.6 Å². The third kappa shape index (κ3) is 3.82. The van der Waals surface area contributed by atoms with E-state index in [0.29, 0.717) is 10.8 Å². The van der Waals surface area contributed by atoms with Crippen molar-refractivity contribution in [1.82, 2.24) is 0 Å². The van der Waals surface area contributed by atoms with Crippen LogP contribution in [-0.4, -0.2) is 22.3 Å². The molecule has 0 aliphatic heterocycles. The van der Waals surface area contributed by atoms with Gasteiger partial charge in [0.25, 0.3) is 0 Å². The van der Waals surface area contributed by atoms with Gasteiger partial charge >= 0.3 is 0 Å². The molecule has 0 bridgehead atoms. The van der Waals surface area contributed by atoms with Gasteiger partial charge in [0.2, 0.25) is 0 Å². The largest absolute Gasteiger partial charge is 0.495 e. The molecule has 1 aromatic rings. The smallest absolute Gasteiger partial charge is 0.146 e. The molecule has 1 atom stereocenters. The zero-order chi connectivity index (χ0) is 13.1. The summed E-state index contributed by atoms with van der Waals surface area (Å²) in [6.45, 7) is 5.61. The monoisotopic (exact) mass is 273 g/mol. The van der Waals surface area contributed by atoms with Gasteiger partial charge in [-0.3, -0.25) is 0 Å². The van der Waals surface area contributed by atoms with Crippen molar-refractivity contribution in [3.8, 4) is 5.75 Å². The summed E-state index contributed by atoms with van der Waals surface area (Å²) in [7, 11) is 0.257. The Morgan fingerprint density at radius 2 is 2.06 bits per heavy atom. The molecule has 0 unspecified atom stereocenters. The molecule has 5 heteroatoms. The number of ether oxygens (including phenoxy) is 1. The third-order valence-corrected chi connectivity index (χ3v) is 3.66. The highest BCUT2D eigenvalue weighted by molar-refractivity contribution is 7.85. The summed E-state index contributed by atoms with van der Waals surface area (Å²) in [6.07, 6.45) is 1.53. The molecule has 0 N–H and O–H groups in total. The molecule has 1 aromatic carbocycles. The van der Waals surface area contributed by atoms with Crippen LogP contribution in [0.2, 0.25) is 5.02 Å². The SMILES string of the molecule is COc1c(Cl)cccc1/C=N/[S@](=O)C(C)(C)C. The van der Waals surface area contributed by atoms with Gasteiger partial charge in [-0.05, 0) is 32.9 Å². The van der Waals surface area contributed by atoms with Crippen LogP contribution >= 0.6 is 11.6 Å². The van der Waals surface area contributed by atoms with E-state index in [1.165, 1.54) is 6.21 Å². The van der Waals surface area contributed by atoms with Crippen LogP contribution in [0.3, 0.4) is 0 Å². The summed E-state index contributed by atoms with van der Waals surface area (Å²) in [5, 5.41) is 0.512. The molecule has 0 heterocycles. The van der Waals surface area contributed by atoms with E-state index in [1.54, 1.807) is 19.2 Å². The van der Waals surface area contributed by atoms with Crippen molar-refractivity contribution >= 4 is 28.8 Å². The van der Waals surface area contributed by atoms with E-state index < -0.39 is 11.0 Å². The number of methoxy groups -OCH3 is 1. The van der Waals surface area contributed by atoms with Crippen molar-refractivity contribution in [2.75, 3.05) is 7.11 Å². The Morgan fingerprint density at radius 1 is 1.41 bits per heavy atom. The Bertz CT molecular complexity index is 452. The molecule has 0 aromatic heterocycles. The van der Waals surface area contributed by atoms with Crippen LogP contribution in [0.5, 0.6) is 5.75 Å². The summed E-state index contributed by atoms with van der Waals surface area (Å²) >= 11 is 5.97. The maximum absolute atomic E-state index is 11.8. The fourth-order valence-electron chi connectivity index (χ4n) is 1.11. The first-order chi connectivity index (χ1) is 7.86. The van der Waals surface area contributed by atoms with Crippen LogP contribution in [0.4, 0.5) is 0 Å². The first-order valence-electron chi connectivity index (χ1n) is 5.15. The van der Waals surface area contributed by atoms with Gasteiger partial charge < -0.3 is 4.74 Å². The van der Waals surface area contributed by atoms with Crippen molar-refractivity contribution in [2.45, 2.75) is 25.5 Å². The van der Waals surface area contributed by atoms with E-state index in [1.807, 2.05) is 26.8 Å². The molecule has 0 saturated carbocycles. The molecular formula is C12H16ClNO2S. The number of rotatable bonds is 3. The number of para-hydroxylation sites is 1. The van der Waals surface area contributed by atoms with Crippen LogP contribution in [0.25, 0.3) is 0 Å². The van der Waals surface area contributed by atoms with Crippen molar-refractivity contribution < 1.29 is 8.95 Å². The molecule has 0 radical (unpaired) electrons. The van der Waals surface area contributed by atoms with E-state index in [-0.39, 0.29) is 4.75 Å². The molecule has 3 nitrogen and oxygen atoms in total. The summed E-state index contributed by atoms with van der Waals surface area (Å²) in [4.78, 5) is 0. The molecule has 0 aliphatic rings. The third-order valence-electron chi connectivity index (χ3n) is 2.01. The Balaban J connectivity index is 3.00. The molecule has 0 amide bonds. The van der Waals surface area contributed by atoms with Crippen molar-refractivity contribution in [2.24, 2.45) is 4.40 Å². The van der Waals surface area contributed by atoms with Gasteiger partial charge in [0.15, 0.2) is 0 Å². The molecule has 94 valence electrons. The average Bonchev–Trinajstić information content (AvgIpc) is 2.24. The van der Waals surface area contributed by atoms with Crippen LogP contribution in [-0.2, 0) is 11.0 Å². The topological polar surface area (TPSA) is 38.7 Å². The fraction of sp³-hybridized carbons (Fsp3) is 0.417. The van der Waals surface area contributed by atoms with Gasteiger partial charge in [0, 0.05) is 11.8 Å². The van der Waals surface area contributed by atoms with E-state index >= 15 is 0 Å². The Morgan fingerprint density at radius 3 is 2.59 bits per heavy atom. The molecular weight excluding hydrogens is 258 g/mol. The molecule has 0 saturated heterocycles. The van der Waals surface area contributed by atoms with Gasteiger partial charge in [-0.15, -0.1) is 0 Å². The normalized spacial score (nSPS) is 13.9. The summed E-state index contributed by atoms with van der Waals surface area (Å²) in [6, 6.07) is 5.35. The molecule has 17 heavy (non-hydrogen) atoms. The van der Waals surface area contributed by atoms with E-state index in [4.69, 9.17) is 16.3 Å². The molecule has 0 spiro atoms. The first kappa shape index (κ1) is 14.2. The predicted octanol–water partition coefficient (Wildman–Crippen LogP) is 3.23. The summed E-state index contributed by atoms with van der Waals surface area (Å²) in [5.74, 6) is 0.545. The Hall–Kier alpha value is -0.870. The zero-order valence-electron chi connectivity index (χ0n) is 10.4. The van der Waals surface area contributed by atoms with Gasteiger partial charge in [-0.2, -0.15) is 4.40 Å². The van der Waals surface area contributed by atoms with Crippen molar-refractivity contribution in [1.29, 1.82) is 0 Å². The van der Waals surface area contributed by atoms with Crippen molar-refractivity contribution in [3.63, 3.8) is 0 Å². The lowest BCUT2D eigenvalue weighted by atomic mass is 10.2. The lowest BCUT2D eigenvalue weighted by molar-refractivity contribution is 0.414. The zero-order valence-corrected chi connectivity index (χ0v) is 11.9. The van der Waals surface area contributed by atoms with Crippen LogP contribution in [0.1, 0.15) is 26.3 Å². The van der Waals surface area contributed by atoms with E-state index in [9.17, 15) is 4.21 Å². The summed E-state index contributed by atoms with van der Waals surface area (Å²) in [5.41, 5.74) is 0.720. The second-order valence-corrected chi connectivity index (χ2v) is 6.80. The average molecular weight is 274 g/mol. The van der Waals surface area contributed by atoms with Crippen LogP contribution < -0.4 is 4.74 Å². The van der Waals surface area contributed by atoms with E-state index in [0.717, 1.165) is 5.56 Å². The number of nitrogens with zero attached hydrogens (tertiary/aromatic N) is 1. The van der Waals surface area contributed by atoms with Gasteiger partial charge in [-0.1, -0.05) is 17.7 Å². The minimum atomic E-state index is -1.28. The minimum absolute atomic E-state index is 0.373. The maximum Gasteiger partial charge on any atom is 0.146 e. The Labute approximate surface area is 109 Å². The maximum atomic E-state index is 11.8. The molecule has 1 rings (SSSR count). The fourth-order valence-corrected chi connectivity index (χ4v) is 1.89. The lowest BCUT2D eigenvalue weighted by Gasteiger charge is -2.13. The number of hydrogen-bond donors (Lipinski definition) is 0. The van der Waals surface area contributed by atoms with Gasteiger partial charge in [0.05, 0.1) is 16.9 Å². The van der Waals surface area contributed by atoms with E-state index in [2.05, 4.69) is 4.40 Å². The number of hydrogen-bond acceptors (Lipinski definition) is 2. The number of halogens is 1. The highest BCUT2D eigenvalue weighted by Gasteiger charge is 2.18. The highest BCUT2D eigenvalue weighted by atomic mass is 35.5. The second kappa shape index (κ2) is 5.65. The standard InChI is InChI=1S/C12H16ClNO2S/c1-12(2,3)17(15)14-8-9-6-5-7-10(13)11(9)16-4/h5-8H,1-4H3/b14-8+/t17-/m1/s1. The molecule has 0 aliphatic carbocycles. The van der Waals surface area contributed by atoms with Crippen LogP contribution in [0, 0.1) is 0 Å². The quantitative estimate of drug-likeness (QED) is 0.793. The summed E-state index contributed by atoms with van der Waals surface area (Å²) < 4.78 is 20.6. The molecule has 0 fully saturated rings. The number of benzene rings is 1. The second-order valence-electron chi connectivity index (χ2n) is 4.46. The predicted molar refractivity (Wildman–Crippen MR) is 73.5 cm³/mol. The van der Waals surface area contributed by atoms with Crippen molar-refractivity contribution in [3.05, 3.63) is 28.8 Å². The Kier molecular flexibility index (Phi) is 4.71. The minimum Gasteiger partial charge on any atom is -0.495 e. The van der Waals surface area contributed by atoms with Gasteiger partial charge in [0.1, 0.15) is 16.7 Å². The highest BCUT2D eigenvalue weighted by Crippen LogP contribution is 2.27. The lowest BCUT2D eigenvalue weighted by Crippen LogP contribution is -2.19.